The van der Waals surface area contributed by atoms with Gasteiger partial charge in [-0.3, -0.25) is 0 Å². The highest BCUT2D eigenvalue weighted by Gasteiger charge is 2.22. The van der Waals surface area contributed by atoms with Crippen molar-refractivity contribution in [3.05, 3.63) is 63.4 Å². The Labute approximate surface area is 170 Å². The van der Waals surface area contributed by atoms with E-state index in [2.05, 4.69) is 5.10 Å². The van der Waals surface area contributed by atoms with E-state index in [-0.39, 0.29) is 6.61 Å². The number of aromatic nitrogens is 2. The lowest BCUT2D eigenvalue weighted by Crippen LogP contribution is -2.27. The van der Waals surface area contributed by atoms with Gasteiger partial charge in [-0.2, -0.15) is 9.78 Å². The molecular weight excluding hydrogens is 459 g/mol. The first-order valence-corrected chi connectivity index (χ1v) is 9.45. The third-order valence-corrected chi connectivity index (χ3v) is 4.45. The molecule has 0 aliphatic heterocycles. The zero-order valence-corrected chi connectivity index (χ0v) is 17.4. The van der Waals surface area contributed by atoms with Crippen molar-refractivity contribution in [1.82, 2.24) is 9.78 Å². The Morgan fingerprint density at radius 1 is 1.11 bits per heavy atom. The molecule has 0 spiro atoms. The minimum atomic E-state index is -0.646. The van der Waals surface area contributed by atoms with Gasteiger partial charge in [-0.15, -0.1) is 0 Å². The van der Waals surface area contributed by atoms with Crippen LogP contribution >= 0.6 is 22.6 Å². The van der Waals surface area contributed by atoms with Crippen molar-refractivity contribution in [2.24, 2.45) is 0 Å². The summed E-state index contributed by atoms with van der Waals surface area (Å²) in [6, 6.07) is 14.5. The smallest absolute Gasteiger partial charge is 0.435 e. The van der Waals surface area contributed by atoms with E-state index < -0.39 is 17.7 Å². The van der Waals surface area contributed by atoms with Crippen molar-refractivity contribution in [3.8, 4) is 0 Å². The van der Waals surface area contributed by atoms with E-state index >= 15 is 0 Å². The van der Waals surface area contributed by atoms with Crippen molar-refractivity contribution in [2.45, 2.75) is 33.0 Å². The summed E-state index contributed by atoms with van der Waals surface area (Å²) in [6.07, 6.45) is -0.592. The molecule has 140 valence electrons. The number of hydrogen-bond acceptors (Lipinski definition) is 5. The molecule has 0 fully saturated rings. The van der Waals surface area contributed by atoms with Gasteiger partial charge in [0.05, 0.1) is 11.1 Å². The zero-order valence-electron chi connectivity index (χ0n) is 15.2. The van der Waals surface area contributed by atoms with Crippen LogP contribution in [0.25, 0.3) is 10.9 Å². The maximum atomic E-state index is 12.4. The number of carbonyl (C=O) groups excluding carboxylic acids is 2. The topological polar surface area (TPSA) is 70.4 Å². The van der Waals surface area contributed by atoms with Crippen LogP contribution in [-0.2, 0) is 16.1 Å². The normalized spacial score (nSPS) is 11.4. The van der Waals surface area contributed by atoms with Crippen molar-refractivity contribution < 1.29 is 19.1 Å². The monoisotopic (exact) mass is 478 g/mol. The lowest BCUT2D eigenvalue weighted by Gasteiger charge is -2.19. The van der Waals surface area contributed by atoms with Crippen LogP contribution in [0.1, 0.15) is 36.7 Å². The number of carbonyl (C=O) groups is 2. The molecule has 1 heterocycles. The standard InChI is InChI=1S/C20H19IN2O4/c1-20(2,3)27-19(25)23-16-11-14(9-10-15(16)17(21)22-23)18(24)26-12-13-7-5-4-6-8-13/h4-11H,12H2,1-3H3. The fraction of sp³-hybridized carbons (Fsp3) is 0.250. The quantitative estimate of drug-likeness (QED) is 0.400. The molecule has 6 nitrogen and oxygen atoms in total. The van der Waals surface area contributed by atoms with E-state index in [0.717, 1.165) is 10.9 Å². The summed E-state index contributed by atoms with van der Waals surface area (Å²) in [5, 5.41) is 5.01. The van der Waals surface area contributed by atoms with E-state index in [1.165, 1.54) is 4.68 Å². The summed E-state index contributed by atoms with van der Waals surface area (Å²) >= 11 is 2.05. The van der Waals surface area contributed by atoms with Crippen LogP contribution in [0.15, 0.2) is 48.5 Å². The average Bonchev–Trinajstić information content (AvgIpc) is 2.95. The van der Waals surface area contributed by atoms with Crippen LogP contribution in [0.2, 0.25) is 0 Å². The van der Waals surface area contributed by atoms with Crippen LogP contribution in [0.4, 0.5) is 4.79 Å². The van der Waals surface area contributed by atoms with Crippen LogP contribution in [0.5, 0.6) is 0 Å². The number of benzene rings is 2. The fourth-order valence-corrected chi connectivity index (χ4v) is 3.13. The summed E-state index contributed by atoms with van der Waals surface area (Å²) < 4.78 is 12.6. The number of nitrogens with zero attached hydrogens (tertiary/aromatic N) is 2. The maximum Gasteiger partial charge on any atom is 0.435 e. The SMILES string of the molecule is CC(C)(C)OC(=O)n1nc(I)c2ccc(C(=O)OCc3ccccc3)cc21. The number of rotatable bonds is 3. The molecule has 0 saturated heterocycles. The largest absolute Gasteiger partial charge is 0.457 e. The number of esters is 1. The molecule has 3 rings (SSSR count). The summed E-state index contributed by atoms with van der Waals surface area (Å²) in [7, 11) is 0. The fourth-order valence-electron chi connectivity index (χ4n) is 2.45. The predicted octanol–water partition coefficient (Wildman–Crippen LogP) is 4.78. The minimum Gasteiger partial charge on any atom is -0.457 e. The molecule has 0 aliphatic carbocycles. The molecule has 3 aromatic rings. The molecule has 2 aromatic carbocycles. The average molecular weight is 478 g/mol. The number of ether oxygens (including phenoxy) is 2. The highest BCUT2D eigenvalue weighted by atomic mass is 127. The first-order valence-electron chi connectivity index (χ1n) is 8.37. The van der Waals surface area contributed by atoms with Crippen molar-refractivity contribution in [3.63, 3.8) is 0 Å². The molecular formula is C20H19IN2O4. The second-order valence-electron chi connectivity index (χ2n) is 6.98. The number of fused-ring (bicyclic) bond motifs is 1. The molecule has 0 radical (unpaired) electrons. The van der Waals surface area contributed by atoms with Crippen LogP contribution in [0, 0.1) is 3.70 Å². The van der Waals surface area contributed by atoms with Crippen LogP contribution in [0.3, 0.4) is 0 Å². The Kier molecular flexibility index (Phi) is 5.50. The van der Waals surface area contributed by atoms with Gasteiger partial charge in [-0.25, -0.2) is 9.59 Å². The van der Waals surface area contributed by atoms with Gasteiger partial charge >= 0.3 is 12.1 Å². The zero-order chi connectivity index (χ0) is 19.6. The number of hydrogen-bond donors (Lipinski definition) is 0. The van der Waals surface area contributed by atoms with Gasteiger partial charge < -0.3 is 9.47 Å². The molecule has 0 saturated carbocycles. The Morgan fingerprint density at radius 2 is 1.81 bits per heavy atom. The summed E-state index contributed by atoms with van der Waals surface area (Å²) in [4.78, 5) is 24.8. The predicted molar refractivity (Wildman–Crippen MR) is 110 cm³/mol. The van der Waals surface area contributed by atoms with E-state index in [4.69, 9.17) is 9.47 Å². The van der Waals surface area contributed by atoms with E-state index in [9.17, 15) is 9.59 Å². The summed E-state index contributed by atoms with van der Waals surface area (Å²) in [5.41, 5.74) is 1.11. The van der Waals surface area contributed by atoms with Crippen molar-refractivity contribution in [1.29, 1.82) is 0 Å². The van der Waals surface area contributed by atoms with Gasteiger partial charge in [0.1, 0.15) is 15.9 Å². The van der Waals surface area contributed by atoms with Gasteiger partial charge in [0, 0.05) is 5.39 Å². The molecule has 0 aliphatic rings. The molecule has 0 N–H and O–H groups in total. The van der Waals surface area contributed by atoms with Crippen molar-refractivity contribution in [2.75, 3.05) is 0 Å². The van der Waals surface area contributed by atoms with Gasteiger partial charge in [0.15, 0.2) is 0 Å². The Hall–Kier alpha value is -2.42. The first-order chi connectivity index (χ1) is 12.7. The molecule has 7 heteroatoms. The van der Waals surface area contributed by atoms with Gasteiger partial charge in [0.2, 0.25) is 0 Å². The van der Waals surface area contributed by atoms with E-state index in [1.807, 2.05) is 52.9 Å². The third kappa shape index (κ3) is 4.65. The molecule has 27 heavy (non-hydrogen) atoms. The van der Waals surface area contributed by atoms with Crippen LogP contribution < -0.4 is 0 Å². The Morgan fingerprint density at radius 3 is 2.48 bits per heavy atom. The van der Waals surface area contributed by atoms with Gasteiger partial charge in [0.25, 0.3) is 0 Å². The van der Waals surface area contributed by atoms with Crippen LogP contribution in [-0.4, -0.2) is 27.4 Å². The summed E-state index contributed by atoms with van der Waals surface area (Å²) in [6.45, 7) is 5.54. The first kappa shape index (κ1) is 19.3. The second-order valence-corrected chi connectivity index (χ2v) is 8.00. The third-order valence-electron chi connectivity index (χ3n) is 3.65. The van der Waals surface area contributed by atoms with Gasteiger partial charge in [-0.05, 0) is 67.1 Å². The Balaban J connectivity index is 1.86. The lowest BCUT2D eigenvalue weighted by molar-refractivity contribution is 0.0469. The molecule has 0 bridgehead atoms. The molecule has 1 aromatic heterocycles. The second kappa shape index (κ2) is 7.67. The van der Waals surface area contributed by atoms with Gasteiger partial charge in [-0.1, -0.05) is 30.3 Å². The highest BCUT2D eigenvalue weighted by Crippen LogP contribution is 2.23. The van der Waals surface area contributed by atoms with Crippen molar-refractivity contribution >= 4 is 45.6 Å². The maximum absolute atomic E-state index is 12.4. The summed E-state index contributed by atoms with van der Waals surface area (Å²) in [5.74, 6) is -0.465. The lowest BCUT2D eigenvalue weighted by atomic mass is 10.1. The molecule has 0 amide bonds. The van der Waals surface area contributed by atoms with E-state index in [0.29, 0.717) is 14.8 Å². The van der Waals surface area contributed by atoms with E-state index in [1.54, 1.807) is 39.0 Å². The number of halogens is 1. The highest BCUT2D eigenvalue weighted by molar-refractivity contribution is 14.1. The Bertz CT molecular complexity index is 990. The molecule has 0 unspecified atom stereocenters. The molecule has 0 atom stereocenters. The minimum absolute atomic E-state index is 0.181.